The molecule has 6 heteroatoms. The summed E-state index contributed by atoms with van der Waals surface area (Å²) in [5.41, 5.74) is 3.75. The fraction of sp³-hybridized carbons (Fsp3) is 0.368. The number of amides is 1. The lowest BCUT2D eigenvalue weighted by Gasteiger charge is -2.25. The molecule has 0 radical (unpaired) electrons. The quantitative estimate of drug-likeness (QED) is 0.739. The molecule has 0 bridgehead atoms. The van der Waals surface area contributed by atoms with Gasteiger partial charge in [-0.15, -0.1) is 11.3 Å². The molecule has 25 heavy (non-hydrogen) atoms. The monoisotopic (exact) mass is 354 g/mol. The van der Waals surface area contributed by atoms with Crippen LogP contribution < -0.4 is 5.32 Å². The Bertz CT molecular complexity index is 892. The minimum absolute atomic E-state index is 0.146. The van der Waals surface area contributed by atoms with E-state index in [0.29, 0.717) is 10.8 Å². The fourth-order valence-corrected chi connectivity index (χ4v) is 4.01. The van der Waals surface area contributed by atoms with Gasteiger partial charge < -0.3 is 4.98 Å². The van der Waals surface area contributed by atoms with E-state index < -0.39 is 0 Å². The zero-order valence-corrected chi connectivity index (χ0v) is 15.2. The Hall–Kier alpha value is -2.18. The van der Waals surface area contributed by atoms with Gasteiger partial charge in [0.1, 0.15) is 5.69 Å². The number of piperidine rings is 1. The SMILES string of the molecule is Cc1ccc2cc(C(=O)Nc3nc(CN4CCCCC4)cs3)[nH]c2c1. The van der Waals surface area contributed by atoms with Crippen molar-refractivity contribution in [3.63, 3.8) is 0 Å². The Morgan fingerprint density at radius 3 is 2.96 bits per heavy atom. The van der Waals surface area contributed by atoms with Crippen molar-refractivity contribution in [1.82, 2.24) is 14.9 Å². The van der Waals surface area contributed by atoms with Crippen molar-refractivity contribution < 1.29 is 4.79 Å². The summed E-state index contributed by atoms with van der Waals surface area (Å²) in [4.78, 5) is 22.7. The van der Waals surface area contributed by atoms with Gasteiger partial charge in [-0.05, 0) is 50.6 Å². The fourth-order valence-electron chi connectivity index (χ4n) is 3.31. The number of carbonyl (C=O) groups is 1. The van der Waals surface area contributed by atoms with E-state index in [4.69, 9.17) is 0 Å². The first-order valence-electron chi connectivity index (χ1n) is 8.75. The van der Waals surface area contributed by atoms with Gasteiger partial charge in [-0.2, -0.15) is 0 Å². The highest BCUT2D eigenvalue weighted by Gasteiger charge is 2.15. The van der Waals surface area contributed by atoms with Crippen molar-refractivity contribution in [2.75, 3.05) is 18.4 Å². The first kappa shape index (κ1) is 16.3. The maximum Gasteiger partial charge on any atom is 0.273 e. The lowest BCUT2D eigenvalue weighted by Crippen LogP contribution is -2.29. The highest BCUT2D eigenvalue weighted by molar-refractivity contribution is 7.13. The molecule has 0 unspecified atom stereocenters. The van der Waals surface area contributed by atoms with E-state index in [1.165, 1.54) is 36.2 Å². The van der Waals surface area contributed by atoms with Gasteiger partial charge in [0.25, 0.3) is 5.91 Å². The Balaban J connectivity index is 1.43. The Morgan fingerprint density at radius 1 is 1.28 bits per heavy atom. The minimum atomic E-state index is -0.146. The molecule has 3 heterocycles. The number of nitrogens with one attached hydrogen (secondary N) is 2. The lowest BCUT2D eigenvalue weighted by molar-refractivity contribution is 0.102. The number of carbonyl (C=O) groups excluding carboxylic acids is 1. The third-order valence-corrected chi connectivity index (χ3v) is 5.44. The number of thiazole rings is 1. The summed E-state index contributed by atoms with van der Waals surface area (Å²) in [5.74, 6) is -0.146. The van der Waals surface area contributed by atoms with Crippen LogP contribution in [0.3, 0.4) is 0 Å². The predicted molar refractivity (Wildman–Crippen MR) is 102 cm³/mol. The topological polar surface area (TPSA) is 61.0 Å². The van der Waals surface area contributed by atoms with Crippen LogP contribution in [0.15, 0.2) is 29.6 Å². The number of aromatic amines is 1. The molecule has 0 saturated carbocycles. The van der Waals surface area contributed by atoms with Crippen LogP contribution in [-0.2, 0) is 6.54 Å². The summed E-state index contributed by atoms with van der Waals surface area (Å²) in [6.07, 6.45) is 3.88. The number of rotatable bonds is 4. The van der Waals surface area contributed by atoms with E-state index in [9.17, 15) is 4.79 Å². The summed E-state index contributed by atoms with van der Waals surface area (Å²) in [6, 6.07) is 8.00. The van der Waals surface area contributed by atoms with E-state index in [-0.39, 0.29) is 5.91 Å². The van der Waals surface area contributed by atoms with Gasteiger partial charge in [-0.25, -0.2) is 4.98 Å². The highest BCUT2D eigenvalue weighted by atomic mass is 32.1. The lowest BCUT2D eigenvalue weighted by atomic mass is 10.1. The van der Waals surface area contributed by atoms with E-state index >= 15 is 0 Å². The molecule has 5 nitrogen and oxygen atoms in total. The second-order valence-electron chi connectivity index (χ2n) is 6.71. The van der Waals surface area contributed by atoms with Crippen LogP contribution in [0.1, 0.15) is 41.0 Å². The van der Waals surface area contributed by atoms with Crippen LogP contribution in [0.25, 0.3) is 10.9 Å². The molecule has 130 valence electrons. The first-order valence-corrected chi connectivity index (χ1v) is 9.63. The second kappa shape index (κ2) is 6.98. The molecule has 1 saturated heterocycles. The number of nitrogens with zero attached hydrogens (tertiary/aromatic N) is 2. The number of H-pyrrole nitrogens is 1. The van der Waals surface area contributed by atoms with Gasteiger partial charge in [-0.1, -0.05) is 18.6 Å². The first-order chi connectivity index (χ1) is 12.2. The zero-order valence-electron chi connectivity index (χ0n) is 14.3. The van der Waals surface area contributed by atoms with Crippen LogP contribution in [0.2, 0.25) is 0 Å². The Kier molecular flexibility index (Phi) is 4.55. The molecule has 1 aromatic carbocycles. The third-order valence-electron chi connectivity index (χ3n) is 4.63. The summed E-state index contributed by atoms with van der Waals surface area (Å²) >= 11 is 1.49. The number of anilines is 1. The molecule has 2 N–H and O–H groups in total. The molecule has 0 spiro atoms. The molecule has 1 aliphatic heterocycles. The van der Waals surface area contributed by atoms with E-state index in [0.717, 1.165) is 36.2 Å². The Labute approximate surface area is 151 Å². The zero-order chi connectivity index (χ0) is 17.2. The standard InChI is InChI=1S/C19H22N4OS/c1-13-5-6-14-10-17(21-16(14)9-13)18(24)22-19-20-15(12-25-19)11-23-7-3-2-4-8-23/h5-6,9-10,12,21H,2-4,7-8,11H2,1H3,(H,20,22,24). The molecule has 3 aromatic rings. The van der Waals surface area contributed by atoms with Crippen LogP contribution >= 0.6 is 11.3 Å². The van der Waals surface area contributed by atoms with Gasteiger partial charge in [0, 0.05) is 22.8 Å². The smallest absolute Gasteiger partial charge is 0.273 e. The molecule has 0 atom stereocenters. The van der Waals surface area contributed by atoms with E-state index in [1.54, 1.807) is 0 Å². The molecule has 1 aliphatic rings. The number of aryl methyl sites for hydroxylation is 1. The van der Waals surface area contributed by atoms with Crippen molar-refractivity contribution in [1.29, 1.82) is 0 Å². The number of aromatic nitrogens is 2. The second-order valence-corrected chi connectivity index (χ2v) is 7.57. The predicted octanol–water partition coefficient (Wildman–Crippen LogP) is 4.17. The van der Waals surface area contributed by atoms with Crippen LogP contribution in [-0.4, -0.2) is 33.9 Å². The number of hydrogen-bond acceptors (Lipinski definition) is 4. The van der Waals surface area contributed by atoms with E-state index in [1.807, 2.05) is 36.6 Å². The van der Waals surface area contributed by atoms with E-state index in [2.05, 4.69) is 20.2 Å². The van der Waals surface area contributed by atoms with Crippen molar-refractivity contribution in [3.8, 4) is 0 Å². The molecule has 2 aromatic heterocycles. The summed E-state index contributed by atoms with van der Waals surface area (Å²) in [7, 11) is 0. The summed E-state index contributed by atoms with van der Waals surface area (Å²) < 4.78 is 0. The van der Waals surface area contributed by atoms with Crippen LogP contribution in [0, 0.1) is 6.92 Å². The van der Waals surface area contributed by atoms with Crippen molar-refractivity contribution in [2.24, 2.45) is 0 Å². The highest BCUT2D eigenvalue weighted by Crippen LogP contribution is 2.21. The van der Waals surface area contributed by atoms with Gasteiger partial charge in [0.15, 0.2) is 5.13 Å². The molecular formula is C19H22N4OS. The average molecular weight is 354 g/mol. The normalized spacial score (nSPS) is 15.6. The molecule has 1 amide bonds. The van der Waals surface area contributed by atoms with Gasteiger partial charge >= 0.3 is 0 Å². The number of benzene rings is 1. The summed E-state index contributed by atoms with van der Waals surface area (Å²) in [6.45, 7) is 5.21. The number of fused-ring (bicyclic) bond motifs is 1. The Morgan fingerprint density at radius 2 is 2.12 bits per heavy atom. The van der Waals surface area contributed by atoms with Crippen molar-refractivity contribution in [2.45, 2.75) is 32.7 Å². The largest absolute Gasteiger partial charge is 0.351 e. The molecule has 1 fully saturated rings. The van der Waals surface area contributed by atoms with Crippen molar-refractivity contribution in [3.05, 3.63) is 46.6 Å². The molecule has 4 rings (SSSR count). The number of hydrogen-bond donors (Lipinski definition) is 2. The molecular weight excluding hydrogens is 332 g/mol. The maximum atomic E-state index is 12.5. The average Bonchev–Trinajstić information content (AvgIpc) is 3.22. The maximum absolute atomic E-state index is 12.5. The summed E-state index contributed by atoms with van der Waals surface area (Å²) in [5, 5.41) is 6.65. The molecule has 0 aliphatic carbocycles. The van der Waals surface area contributed by atoms with Crippen LogP contribution in [0.5, 0.6) is 0 Å². The van der Waals surface area contributed by atoms with Gasteiger partial charge in [0.05, 0.1) is 5.69 Å². The van der Waals surface area contributed by atoms with Crippen LogP contribution in [0.4, 0.5) is 5.13 Å². The van der Waals surface area contributed by atoms with Crippen molar-refractivity contribution >= 4 is 33.3 Å². The minimum Gasteiger partial charge on any atom is -0.351 e. The van der Waals surface area contributed by atoms with Gasteiger partial charge in [-0.3, -0.25) is 15.0 Å². The number of likely N-dealkylation sites (tertiary alicyclic amines) is 1. The third kappa shape index (κ3) is 3.75. The van der Waals surface area contributed by atoms with Gasteiger partial charge in [0.2, 0.25) is 0 Å².